The van der Waals surface area contributed by atoms with Gasteiger partial charge < -0.3 is 15.2 Å². The Morgan fingerprint density at radius 3 is 2.62 bits per heavy atom. The molecular formula is C17H26FNO2. The minimum Gasteiger partial charge on any atom is -0.494 e. The van der Waals surface area contributed by atoms with E-state index in [1.807, 2.05) is 6.92 Å². The number of hydrogen-bond acceptors (Lipinski definition) is 3. The Morgan fingerprint density at radius 1 is 1.38 bits per heavy atom. The molecule has 1 atom stereocenters. The van der Waals surface area contributed by atoms with Crippen LogP contribution >= 0.6 is 0 Å². The van der Waals surface area contributed by atoms with Crippen LogP contribution in [-0.2, 0) is 4.74 Å². The molecule has 118 valence electrons. The molecule has 1 fully saturated rings. The van der Waals surface area contributed by atoms with Crippen LogP contribution in [0.5, 0.6) is 5.75 Å². The molecule has 1 aliphatic rings. The van der Waals surface area contributed by atoms with Gasteiger partial charge in [0, 0.05) is 12.2 Å². The lowest BCUT2D eigenvalue weighted by atomic mass is 9.73. The normalized spacial score (nSPS) is 27.4. The zero-order valence-corrected chi connectivity index (χ0v) is 13.2. The summed E-state index contributed by atoms with van der Waals surface area (Å²) in [7, 11) is 1.47. The van der Waals surface area contributed by atoms with E-state index in [9.17, 15) is 4.39 Å². The van der Waals surface area contributed by atoms with Crippen LogP contribution in [0.25, 0.3) is 0 Å². The standard InChI is InChI=1S/C17H26FNO2/c1-4-21-17(10-8-12(2)9-11-17)16(19)13-6-5-7-14(20-3)15(13)18/h5-7,12,16H,4,8-11,19H2,1-3H3. The molecule has 0 heterocycles. The first-order valence-electron chi connectivity index (χ1n) is 7.76. The van der Waals surface area contributed by atoms with Crippen LogP contribution in [0, 0.1) is 11.7 Å². The summed E-state index contributed by atoms with van der Waals surface area (Å²) in [5, 5.41) is 0. The fourth-order valence-corrected chi connectivity index (χ4v) is 3.29. The Labute approximate surface area is 126 Å². The second-order valence-electron chi connectivity index (χ2n) is 6.02. The van der Waals surface area contributed by atoms with Crippen molar-refractivity contribution < 1.29 is 13.9 Å². The van der Waals surface area contributed by atoms with Gasteiger partial charge in [0.25, 0.3) is 0 Å². The predicted octanol–water partition coefficient (Wildman–Crippen LogP) is 3.82. The van der Waals surface area contributed by atoms with Crippen LogP contribution in [-0.4, -0.2) is 19.3 Å². The molecule has 21 heavy (non-hydrogen) atoms. The average molecular weight is 295 g/mol. The first kappa shape index (κ1) is 16.2. The number of ether oxygens (including phenoxy) is 2. The van der Waals surface area contributed by atoms with E-state index in [0.29, 0.717) is 18.1 Å². The van der Waals surface area contributed by atoms with E-state index in [-0.39, 0.29) is 11.6 Å². The lowest BCUT2D eigenvalue weighted by molar-refractivity contribution is -0.0902. The minimum absolute atomic E-state index is 0.235. The van der Waals surface area contributed by atoms with Crippen LogP contribution in [0.4, 0.5) is 4.39 Å². The van der Waals surface area contributed by atoms with E-state index < -0.39 is 11.6 Å². The summed E-state index contributed by atoms with van der Waals surface area (Å²) in [6, 6.07) is 4.66. The van der Waals surface area contributed by atoms with Crippen molar-refractivity contribution in [3.05, 3.63) is 29.6 Å². The maximum absolute atomic E-state index is 14.5. The summed E-state index contributed by atoms with van der Waals surface area (Å²) in [5.74, 6) is 0.546. The van der Waals surface area contributed by atoms with Crippen LogP contribution in [0.15, 0.2) is 18.2 Å². The van der Waals surface area contributed by atoms with Crippen molar-refractivity contribution >= 4 is 0 Å². The Morgan fingerprint density at radius 2 is 2.05 bits per heavy atom. The summed E-state index contributed by atoms with van der Waals surface area (Å²) < 4.78 is 25.6. The molecule has 1 saturated carbocycles. The summed E-state index contributed by atoms with van der Waals surface area (Å²) in [5.41, 5.74) is 6.46. The number of methoxy groups -OCH3 is 1. The highest BCUT2D eigenvalue weighted by Gasteiger charge is 2.42. The van der Waals surface area contributed by atoms with Gasteiger partial charge in [0.2, 0.25) is 0 Å². The largest absolute Gasteiger partial charge is 0.494 e. The van der Waals surface area contributed by atoms with Crippen molar-refractivity contribution in [2.75, 3.05) is 13.7 Å². The third-order valence-electron chi connectivity index (χ3n) is 4.67. The first-order chi connectivity index (χ1) is 10.0. The zero-order chi connectivity index (χ0) is 15.5. The van der Waals surface area contributed by atoms with Crippen LogP contribution in [0.2, 0.25) is 0 Å². The molecule has 1 aromatic carbocycles. The van der Waals surface area contributed by atoms with Gasteiger partial charge in [-0.1, -0.05) is 19.1 Å². The molecule has 3 nitrogen and oxygen atoms in total. The van der Waals surface area contributed by atoms with E-state index in [0.717, 1.165) is 25.7 Å². The highest BCUT2D eigenvalue weighted by molar-refractivity contribution is 5.34. The van der Waals surface area contributed by atoms with Gasteiger partial charge >= 0.3 is 0 Å². The molecule has 0 bridgehead atoms. The lowest BCUT2D eigenvalue weighted by Gasteiger charge is -2.43. The molecule has 0 saturated heterocycles. The first-order valence-corrected chi connectivity index (χ1v) is 7.76. The molecule has 0 radical (unpaired) electrons. The van der Waals surface area contributed by atoms with E-state index in [1.54, 1.807) is 18.2 Å². The molecule has 1 aliphatic carbocycles. The monoisotopic (exact) mass is 295 g/mol. The number of rotatable bonds is 5. The molecule has 0 amide bonds. The molecule has 2 N–H and O–H groups in total. The quantitative estimate of drug-likeness (QED) is 0.898. The molecule has 0 aromatic heterocycles. The Hall–Kier alpha value is -1.13. The molecule has 0 spiro atoms. The van der Waals surface area contributed by atoms with Gasteiger partial charge in [-0.15, -0.1) is 0 Å². The van der Waals surface area contributed by atoms with Crippen molar-refractivity contribution in [1.29, 1.82) is 0 Å². The Bertz CT molecular complexity index is 470. The number of hydrogen-bond donors (Lipinski definition) is 1. The fraction of sp³-hybridized carbons (Fsp3) is 0.647. The Kier molecular flexibility index (Phi) is 5.22. The second kappa shape index (κ2) is 6.75. The van der Waals surface area contributed by atoms with Crippen LogP contribution < -0.4 is 10.5 Å². The molecular weight excluding hydrogens is 269 g/mol. The maximum Gasteiger partial charge on any atom is 0.169 e. The van der Waals surface area contributed by atoms with E-state index in [1.165, 1.54) is 7.11 Å². The zero-order valence-electron chi connectivity index (χ0n) is 13.2. The molecule has 1 unspecified atom stereocenters. The van der Waals surface area contributed by atoms with Crippen molar-refractivity contribution in [2.45, 2.75) is 51.2 Å². The summed E-state index contributed by atoms with van der Waals surface area (Å²) in [6.45, 7) is 4.80. The van der Waals surface area contributed by atoms with E-state index >= 15 is 0 Å². The number of benzene rings is 1. The van der Waals surface area contributed by atoms with Crippen LogP contribution in [0.3, 0.4) is 0 Å². The van der Waals surface area contributed by atoms with Gasteiger partial charge in [0.1, 0.15) is 0 Å². The van der Waals surface area contributed by atoms with Crippen molar-refractivity contribution in [3.8, 4) is 5.75 Å². The van der Waals surface area contributed by atoms with Gasteiger partial charge in [-0.3, -0.25) is 0 Å². The van der Waals surface area contributed by atoms with Crippen molar-refractivity contribution in [1.82, 2.24) is 0 Å². The van der Waals surface area contributed by atoms with Crippen LogP contribution in [0.1, 0.15) is 51.1 Å². The topological polar surface area (TPSA) is 44.5 Å². The van der Waals surface area contributed by atoms with E-state index in [2.05, 4.69) is 6.92 Å². The third kappa shape index (κ3) is 3.22. The average Bonchev–Trinajstić information content (AvgIpc) is 2.49. The SMILES string of the molecule is CCOC1(C(N)c2cccc(OC)c2F)CCC(C)CC1. The maximum atomic E-state index is 14.5. The van der Waals surface area contributed by atoms with Gasteiger partial charge in [-0.05, 0) is 44.6 Å². The lowest BCUT2D eigenvalue weighted by Crippen LogP contribution is -2.46. The minimum atomic E-state index is -0.472. The summed E-state index contributed by atoms with van der Waals surface area (Å²) >= 11 is 0. The molecule has 1 aromatic rings. The summed E-state index contributed by atoms with van der Waals surface area (Å²) in [6.07, 6.45) is 3.89. The number of nitrogens with two attached hydrogens (primary N) is 1. The van der Waals surface area contributed by atoms with Gasteiger partial charge in [0.05, 0.1) is 18.8 Å². The fourth-order valence-electron chi connectivity index (χ4n) is 3.29. The third-order valence-corrected chi connectivity index (χ3v) is 4.67. The van der Waals surface area contributed by atoms with Crippen molar-refractivity contribution in [2.24, 2.45) is 11.7 Å². The van der Waals surface area contributed by atoms with Gasteiger partial charge in [-0.25, -0.2) is 4.39 Å². The highest BCUT2D eigenvalue weighted by Crippen LogP contribution is 2.43. The molecule has 4 heteroatoms. The highest BCUT2D eigenvalue weighted by atomic mass is 19.1. The Balaban J connectivity index is 2.32. The van der Waals surface area contributed by atoms with Crippen molar-refractivity contribution in [3.63, 3.8) is 0 Å². The van der Waals surface area contributed by atoms with E-state index in [4.69, 9.17) is 15.2 Å². The smallest absolute Gasteiger partial charge is 0.169 e. The molecule has 2 rings (SSSR count). The van der Waals surface area contributed by atoms with Gasteiger partial charge in [-0.2, -0.15) is 0 Å². The molecule has 0 aliphatic heterocycles. The number of halogens is 1. The summed E-state index contributed by atoms with van der Waals surface area (Å²) in [4.78, 5) is 0. The second-order valence-corrected chi connectivity index (χ2v) is 6.02. The predicted molar refractivity (Wildman–Crippen MR) is 81.9 cm³/mol. The van der Waals surface area contributed by atoms with Gasteiger partial charge in [0.15, 0.2) is 11.6 Å².